The van der Waals surface area contributed by atoms with E-state index in [4.69, 9.17) is 5.11 Å². The summed E-state index contributed by atoms with van der Waals surface area (Å²) in [6.07, 6.45) is 0. The molecule has 1 amide bonds. The van der Waals surface area contributed by atoms with Crippen LogP contribution >= 0.6 is 0 Å². The normalized spacial score (nSPS) is 10.4. The fourth-order valence-corrected chi connectivity index (χ4v) is 1.67. The average molecular weight is 232 g/mol. The molecule has 5 heteroatoms. The number of hydrogen-bond acceptors (Lipinski definition) is 2. The first-order chi connectivity index (χ1) is 8.08. The summed E-state index contributed by atoms with van der Waals surface area (Å²) in [7, 11) is 1.46. The zero-order valence-electron chi connectivity index (χ0n) is 9.30. The number of H-pyrrole nitrogens is 1. The molecule has 1 aromatic carbocycles. The highest BCUT2D eigenvalue weighted by Crippen LogP contribution is 2.15. The lowest BCUT2D eigenvalue weighted by Gasteiger charge is -2.12. The average Bonchev–Trinajstić information content (AvgIpc) is 2.70. The van der Waals surface area contributed by atoms with E-state index in [1.807, 2.05) is 24.3 Å². The van der Waals surface area contributed by atoms with Gasteiger partial charge in [-0.25, -0.2) is 0 Å². The lowest BCUT2D eigenvalue weighted by atomic mass is 10.2. The number of carboxylic acids is 1. The molecule has 0 saturated heterocycles. The molecule has 0 bridgehead atoms. The summed E-state index contributed by atoms with van der Waals surface area (Å²) in [4.78, 5) is 26.5. The molecular formula is C12H12N2O3. The van der Waals surface area contributed by atoms with Crippen molar-refractivity contribution in [1.29, 1.82) is 0 Å². The summed E-state index contributed by atoms with van der Waals surface area (Å²) >= 11 is 0. The number of aromatic nitrogens is 1. The third-order valence-corrected chi connectivity index (χ3v) is 2.48. The number of carbonyl (C=O) groups is 2. The molecule has 0 fully saturated rings. The molecular weight excluding hydrogens is 220 g/mol. The molecule has 5 nitrogen and oxygen atoms in total. The van der Waals surface area contributed by atoms with Gasteiger partial charge in [0.05, 0.1) is 0 Å². The lowest BCUT2D eigenvalue weighted by Crippen LogP contribution is -2.32. The first-order valence-electron chi connectivity index (χ1n) is 5.13. The van der Waals surface area contributed by atoms with Crippen LogP contribution in [0.2, 0.25) is 0 Å². The van der Waals surface area contributed by atoms with E-state index in [-0.39, 0.29) is 12.5 Å². The Hall–Kier alpha value is -2.30. The summed E-state index contributed by atoms with van der Waals surface area (Å²) in [6, 6.07) is 9.22. The topological polar surface area (TPSA) is 73.4 Å². The van der Waals surface area contributed by atoms with Gasteiger partial charge in [-0.15, -0.1) is 0 Å². The Balaban J connectivity index is 2.27. The molecule has 0 aliphatic carbocycles. The lowest BCUT2D eigenvalue weighted by molar-refractivity contribution is -0.137. The van der Waals surface area contributed by atoms with E-state index in [9.17, 15) is 9.59 Å². The number of nitrogens with one attached hydrogen (secondary N) is 1. The molecule has 0 saturated carbocycles. The molecule has 17 heavy (non-hydrogen) atoms. The molecule has 0 atom stereocenters. The summed E-state index contributed by atoms with van der Waals surface area (Å²) in [6.45, 7) is -0.311. The predicted octanol–water partition coefficient (Wildman–Crippen LogP) is 1.32. The smallest absolute Gasteiger partial charge is 0.323 e. The van der Waals surface area contributed by atoms with Gasteiger partial charge < -0.3 is 15.0 Å². The maximum atomic E-state index is 11.9. The minimum atomic E-state index is -1.03. The Morgan fingerprint density at radius 2 is 2.06 bits per heavy atom. The Labute approximate surface area is 97.7 Å². The van der Waals surface area contributed by atoms with Crippen LogP contribution in [0.3, 0.4) is 0 Å². The van der Waals surface area contributed by atoms with Crippen LogP contribution in [0, 0.1) is 0 Å². The van der Waals surface area contributed by atoms with E-state index in [1.54, 1.807) is 6.07 Å². The summed E-state index contributed by atoms with van der Waals surface area (Å²) < 4.78 is 0. The van der Waals surface area contributed by atoms with Crippen molar-refractivity contribution in [3.05, 3.63) is 36.0 Å². The Morgan fingerprint density at radius 1 is 1.35 bits per heavy atom. The van der Waals surface area contributed by atoms with Crippen LogP contribution in [0.1, 0.15) is 10.5 Å². The SMILES string of the molecule is CN(CC(=O)O)C(=O)c1cc2ccccc2[nH]1. The number of aliphatic carboxylic acids is 1. The number of rotatable bonds is 3. The molecule has 0 aliphatic rings. The highest BCUT2D eigenvalue weighted by atomic mass is 16.4. The van der Waals surface area contributed by atoms with Crippen molar-refractivity contribution >= 4 is 22.8 Å². The predicted molar refractivity (Wildman–Crippen MR) is 62.9 cm³/mol. The third-order valence-electron chi connectivity index (χ3n) is 2.48. The van der Waals surface area contributed by atoms with Gasteiger partial charge in [-0.05, 0) is 12.1 Å². The second-order valence-corrected chi connectivity index (χ2v) is 3.83. The monoisotopic (exact) mass is 232 g/mol. The van der Waals surface area contributed by atoms with Gasteiger partial charge in [-0.2, -0.15) is 0 Å². The van der Waals surface area contributed by atoms with Crippen molar-refractivity contribution in [1.82, 2.24) is 9.88 Å². The van der Waals surface area contributed by atoms with Crippen molar-refractivity contribution in [2.45, 2.75) is 0 Å². The maximum Gasteiger partial charge on any atom is 0.323 e. The van der Waals surface area contributed by atoms with Gasteiger partial charge in [0.2, 0.25) is 0 Å². The second-order valence-electron chi connectivity index (χ2n) is 3.83. The van der Waals surface area contributed by atoms with Gasteiger partial charge in [-0.3, -0.25) is 9.59 Å². The number of fused-ring (bicyclic) bond motifs is 1. The van der Waals surface area contributed by atoms with E-state index >= 15 is 0 Å². The van der Waals surface area contributed by atoms with Crippen LogP contribution in [0.4, 0.5) is 0 Å². The van der Waals surface area contributed by atoms with Gasteiger partial charge in [0, 0.05) is 18.0 Å². The third kappa shape index (κ3) is 2.28. The van der Waals surface area contributed by atoms with Crippen LogP contribution in [0.5, 0.6) is 0 Å². The van der Waals surface area contributed by atoms with Crippen LogP contribution in [-0.4, -0.2) is 40.5 Å². The molecule has 0 spiro atoms. The Morgan fingerprint density at radius 3 is 2.71 bits per heavy atom. The van der Waals surface area contributed by atoms with E-state index in [2.05, 4.69) is 4.98 Å². The fraction of sp³-hybridized carbons (Fsp3) is 0.167. The van der Waals surface area contributed by atoms with Crippen LogP contribution in [0.25, 0.3) is 10.9 Å². The molecule has 2 aromatic rings. The molecule has 2 N–H and O–H groups in total. The fourth-order valence-electron chi connectivity index (χ4n) is 1.67. The standard InChI is InChI=1S/C12H12N2O3/c1-14(7-11(15)16)12(17)10-6-8-4-2-3-5-9(8)13-10/h2-6,13H,7H2,1H3,(H,15,16). The van der Waals surface area contributed by atoms with Gasteiger partial charge in [0.25, 0.3) is 5.91 Å². The first-order valence-corrected chi connectivity index (χ1v) is 5.13. The van der Waals surface area contributed by atoms with E-state index in [0.717, 1.165) is 15.8 Å². The second kappa shape index (κ2) is 4.29. The van der Waals surface area contributed by atoms with Crippen molar-refractivity contribution < 1.29 is 14.7 Å². The van der Waals surface area contributed by atoms with E-state index in [0.29, 0.717) is 5.69 Å². The quantitative estimate of drug-likeness (QED) is 0.838. The zero-order chi connectivity index (χ0) is 12.4. The number of carboxylic acid groups (broad SMARTS) is 1. The first kappa shape index (κ1) is 11.2. The van der Waals surface area contributed by atoms with Crippen LogP contribution in [0.15, 0.2) is 30.3 Å². The summed E-state index contributed by atoms with van der Waals surface area (Å²) in [5.74, 6) is -1.36. The largest absolute Gasteiger partial charge is 0.480 e. The number of likely N-dealkylation sites (N-methyl/N-ethyl adjacent to an activating group) is 1. The van der Waals surface area contributed by atoms with Crippen molar-refractivity contribution in [2.24, 2.45) is 0 Å². The number of benzene rings is 1. The molecule has 2 rings (SSSR count). The highest BCUT2D eigenvalue weighted by molar-refractivity contribution is 5.98. The van der Waals surface area contributed by atoms with Crippen LogP contribution in [-0.2, 0) is 4.79 Å². The van der Waals surface area contributed by atoms with Gasteiger partial charge >= 0.3 is 5.97 Å². The van der Waals surface area contributed by atoms with Crippen LogP contribution < -0.4 is 0 Å². The van der Waals surface area contributed by atoms with Gasteiger partial charge in [0.1, 0.15) is 12.2 Å². The van der Waals surface area contributed by atoms with E-state index in [1.165, 1.54) is 7.05 Å². The maximum absolute atomic E-state index is 11.9. The minimum Gasteiger partial charge on any atom is -0.480 e. The highest BCUT2D eigenvalue weighted by Gasteiger charge is 2.16. The molecule has 88 valence electrons. The Kier molecular flexibility index (Phi) is 2.82. The molecule has 1 aromatic heterocycles. The number of hydrogen-bond donors (Lipinski definition) is 2. The zero-order valence-corrected chi connectivity index (χ0v) is 9.30. The van der Waals surface area contributed by atoms with Gasteiger partial charge in [0.15, 0.2) is 0 Å². The molecule has 0 unspecified atom stereocenters. The summed E-state index contributed by atoms with van der Waals surface area (Å²) in [5.41, 5.74) is 1.26. The number of carbonyl (C=O) groups excluding carboxylic acids is 1. The number of aromatic amines is 1. The van der Waals surface area contributed by atoms with Gasteiger partial charge in [-0.1, -0.05) is 18.2 Å². The minimum absolute atomic E-state index is 0.311. The van der Waals surface area contributed by atoms with Crippen molar-refractivity contribution in [3.8, 4) is 0 Å². The van der Waals surface area contributed by atoms with E-state index < -0.39 is 5.97 Å². The summed E-state index contributed by atoms with van der Waals surface area (Å²) in [5, 5.41) is 9.55. The molecule has 0 radical (unpaired) electrons. The van der Waals surface area contributed by atoms with Crippen molar-refractivity contribution in [3.63, 3.8) is 0 Å². The molecule has 0 aliphatic heterocycles. The number of amides is 1. The Bertz CT molecular complexity index is 541. The molecule has 1 heterocycles. The van der Waals surface area contributed by atoms with Crippen molar-refractivity contribution in [2.75, 3.05) is 13.6 Å². The number of nitrogens with zero attached hydrogens (tertiary/aromatic N) is 1. The number of para-hydroxylation sites is 1.